The van der Waals surface area contributed by atoms with Gasteiger partial charge in [-0.3, -0.25) is 14.9 Å². The lowest BCUT2D eigenvalue weighted by molar-refractivity contribution is -0.384. The molecule has 2 aromatic carbocycles. The van der Waals surface area contributed by atoms with Crippen LogP contribution >= 0.6 is 0 Å². The second-order valence-corrected chi connectivity index (χ2v) is 6.89. The molecule has 1 aliphatic rings. The number of aryl methyl sites for hydroxylation is 1. The number of nitro groups is 1. The number of aromatic nitrogens is 1. The number of nitrogens with zero attached hydrogens (tertiary/aromatic N) is 1. The fourth-order valence-electron chi connectivity index (χ4n) is 3.31. The zero-order valence-electron chi connectivity index (χ0n) is 14.4. The Labute approximate surface area is 150 Å². The van der Waals surface area contributed by atoms with Gasteiger partial charge < -0.3 is 10.3 Å². The first kappa shape index (κ1) is 16.3. The Hall–Kier alpha value is -3.15. The molecule has 0 spiro atoms. The highest BCUT2D eigenvalue weighted by molar-refractivity contribution is 6.07. The molecule has 1 aromatic heterocycles. The maximum atomic E-state index is 12.9. The summed E-state index contributed by atoms with van der Waals surface area (Å²) in [7, 11) is 0. The summed E-state index contributed by atoms with van der Waals surface area (Å²) in [4.78, 5) is 26.5. The largest absolute Gasteiger partial charge is 0.360 e. The minimum Gasteiger partial charge on any atom is -0.360 e. The van der Waals surface area contributed by atoms with Gasteiger partial charge in [0.05, 0.1) is 16.5 Å². The molecule has 0 aliphatic heterocycles. The third-order valence-corrected chi connectivity index (χ3v) is 4.94. The van der Waals surface area contributed by atoms with Gasteiger partial charge in [0.1, 0.15) is 0 Å². The van der Waals surface area contributed by atoms with E-state index < -0.39 is 4.92 Å². The molecule has 4 rings (SSSR count). The van der Waals surface area contributed by atoms with Gasteiger partial charge in [0.25, 0.3) is 11.6 Å². The zero-order valence-corrected chi connectivity index (χ0v) is 14.4. The van der Waals surface area contributed by atoms with Crippen LogP contribution in [0.15, 0.2) is 48.7 Å². The molecule has 6 heteroatoms. The first-order chi connectivity index (χ1) is 12.5. The van der Waals surface area contributed by atoms with Gasteiger partial charge in [-0.15, -0.1) is 0 Å². The molecular weight excluding hydrogens is 330 g/mol. The SMILES string of the molecule is Cc1ccc(C(NC(=O)c2c[nH]c3ccc([N+](=O)[O-])cc23)C2CC2)cc1. The number of hydrogen-bond acceptors (Lipinski definition) is 3. The smallest absolute Gasteiger partial charge is 0.270 e. The molecule has 26 heavy (non-hydrogen) atoms. The van der Waals surface area contributed by atoms with Crippen LogP contribution in [0.2, 0.25) is 0 Å². The molecule has 1 saturated carbocycles. The third kappa shape index (κ3) is 3.06. The highest BCUT2D eigenvalue weighted by atomic mass is 16.6. The van der Waals surface area contributed by atoms with Crippen molar-refractivity contribution in [3.05, 3.63) is 75.5 Å². The number of carbonyl (C=O) groups excluding carboxylic acids is 1. The van der Waals surface area contributed by atoms with Crippen LogP contribution < -0.4 is 5.32 Å². The topological polar surface area (TPSA) is 88.0 Å². The molecule has 1 heterocycles. The molecule has 3 aromatic rings. The van der Waals surface area contributed by atoms with E-state index in [1.54, 1.807) is 12.3 Å². The number of nitro benzene ring substituents is 1. The van der Waals surface area contributed by atoms with E-state index in [0.29, 0.717) is 22.4 Å². The summed E-state index contributed by atoms with van der Waals surface area (Å²) in [6.07, 6.45) is 3.80. The fourth-order valence-corrected chi connectivity index (χ4v) is 3.31. The minimum absolute atomic E-state index is 0.0246. The van der Waals surface area contributed by atoms with Crippen molar-refractivity contribution in [2.75, 3.05) is 0 Å². The second-order valence-electron chi connectivity index (χ2n) is 6.89. The number of rotatable bonds is 5. The maximum absolute atomic E-state index is 12.9. The highest BCUT2D eigenvalue weighted by Crippen LogP contribution is 2.41. The average Bonchev–Trinajstić information content (AvgIpc) is 3.38. The number of carbonyl (C=O) groups is 1. The summed E-state index contributed by atoms with van der Waals surface area (Å²) >= 11 is 0. The van der Waals surface area contributed by atoms with Crippen molar-refractivity contribution in [3.8, 4) is 0 Å². The number of benzene rings is 2. The Bertz CT molecular complexity index is 987. The lowest BCUT2D eigenvalue weighted by Gasteiger charge is -2.19. The van der Waals surface area contributed by atoms with E-state index in [2.05, 4.69) is 22.4 Å². The number of non-ortho nitro benzene ring substituents is 1. The summed E-state index contributed by atoms with van der Waals surface area (Å²) in [5.41, 5.74) is 3.39. The predicted octanol–water partition coefficient (Wildman–Crippen LogP) is 4.27. The summed E-state index contributed by atoms with van der Waals surface area (Å²) < 4.78 is 0. The first-order valence-electron chi connectivity index (χ1n) is 8.66. The predicted molar refractivity (Wildman–Crippen MR) is 99.1 cm³/mol. The van der Waals surface area contributed by atoms with Gasteiger partial charge in [-0.25, -0.2) is 0 Å². The summed E-state index contributed by atoms with van der Waals surface area (Å²) in [5, 5.41) is 14.7. The number of fused-ring (bicyclic) bond motifs is 1. The molecule has 1 amide bonds. The third-order valence-electron chi connectivity index (χ3n) is 4.94. The van der Waals surface area contributed by atoms with Crippen LogP contribution in [0.1, 0.15) is 40.4 Å². The number of hydrogen-bond donors (Lipinski definition) is 2. The van der Waals surface area contributed by atoms with Gasteiger partial charge >= 0.3 is 0 Å². The maximum Gasteiger partial charge on any atom is 0.270 e. The van der Waals surface area contributed by atoms with Crippen LogP contribution in [0, 0.1) is 23.0 Å². The minimum atomic E-state index is -0.451. The molecular formula is C20H19N3O3. The molecule has 1 atom stereocenters. The number of H-pyrrole nitrogens is 1. The van der Waals surface area contributed by atoms with Crippen LogP contribution in [0.4, 0.5) is 5.69 Å². The van der Waals surface area contributed by atoms with E-state index in [1.807, 2.05) is 19.1 Å². The molecule has 0 saturated heterocycles. The van der Waals surface area contributed by atoms with Crippen LogP contribution in [-0.4, -0.2) is 15.8 Å². The van der Waals surface area contributed by atoms with Crippen molar-refractivity contribution in [2.45, 2.75) is 25.8 Å². The monoisotopic (exact) mass is 349 g/mol. The van der Waals surface area contributed by atoms with E-state index in [-0.39, 0.29) is 17.6 Å². The molecule has 6 nitrogen and oxygen atoms in total. The zero-order chi connectivity index (χ0) is 18.3. The molecule has 0 radical (unpaired) electrons. The van der Waals surface area contributed by atoms with Crippen molar-refractivity contribution in [1.29, 1.82) is 0 Å². The summed E-state index contributed by atoms with van der Waals surface area (Å²) in [6, 6.07) is 12.7. The van der Waals surface area contributed by atoms with Crippen molar-refractivity contribution < 1.29 is 9.72 Å². The Balaban J connectivity index is 1.64. The van der Waals surface area contributed by atoms with E-state index in [0.717, 1.165) is 18.4 Å². The van der Waals surface area contributed by atoms with E-state index >= 15 is 0 Å². The molecule has 132 valence electrons. The Morgan fingerprint density at radius 1 is 1.23 bits per heavy atom. The van der Waals surface area contributed by atoms with Gasteiger partial charge in [0, 0.05) is 29.2 Å². The molecule has 1 aliphatic carbocycles. The van der Waals surface area contributed by atoms with Crippen molar-refractivity contribution >= 4 is 22.5 Å². The van der Waals surface area contributed by atoms with Crippen molar-refractivity contribution in [2.24, 2.45) is 5.92 Å². The summed E-state index contributed by atoms with van der Waals surface area (Å²) in [6.45, 7) is 2.04. The van der Waals surface area contributed by atoms with Gasteiger partial charge in [0.15, 0.2) is 0 Å². The van der Waals surface area contributed by atoms with Gasteiger partial charge in [-0.05, 0) is 37.3 Å². The quantitative estimate of drug-likeness (QED) is 0.533. The van der Waals surface area contributed by atoms with Crippen LogP contribution in [0.3, 0.4) is 0 Å². The lowest BCUT2D eigenvalue weighted by Crippen LogP contribution is -2.29. The number of aromatic amines is 1. The first-order valence-corrected chi connectivity index (χ1v) is 8.66. The molecule has 0 bridgehead atoms. The Kier molecular flexibility index (Phi) is 3.95. The van der Waals surface area contributed by atoms with E-state index in [4.69, 9.17) is 0 Å². The van der Waals surface area contributed by atoms with Gasteiger partial charge in [0.2, 0.25) is 0 Å². The fraction of sp³-hybridized carbons (Fsp3) is 0.250. The van der Waals surface area contributed by atoms with Crippen molar-refractivity contribution in [1.82, 2.24) is 10.3 Å². The van der Waals surface area contributed by atoms with Crippen LogP contribution in [-0.2, 0) is 0 Å². The van der Waals surface area contributed by atoms with Crippen LogP contribution in [0.25, 0.3) is 10.9 Å². The van der Waals surface area contributed by atoms with Gasteiger partial charge in [-0.1, -0.05) is 29.8 Å². The van der Waals surface area contributed by atoms with E-state index in [1.165, 1.54) is 17.7 Å². The highest BCUT2D eigenvalue weighted by Gasteiger charge is 2.34. The lowest BCUT2D eigenvalue weighted by atomic mass is 10.0. The molecule has 2 N–H and O–H groups in total. The normalized spacial score (nSPS) is 15.0. The molecule has 1 fully saturated rings. The number of amides is 1. The van der Waals surface area contributed by atoms with E-state index in [9.17, 15) is 14.9 Å². The average molecular weight is 349 g/mol. The molecule has 1 unspecified atom stereocenters. The summed E-state index contributed by atoms with van der Waals surface area (Å²) in [5.74, 6) is 0.232. The Morgan fingerprint density at radius 2 is 1.96 bits per heavy atom. The second kappa shape index (κ2) is 6.29. The number of nitrogens with one attached hydrogen (secondary N) is 2. The standard InChI is InChI=1S/C20H19N3O3/c1-12-2-4-13(5-3-12)19(14-6-7-14)22-20(24)17-11-21-18-9-8-15(23(25)26)10-16(17)18/h2-5,8-11,14,19,21H,6-7H2,1H3,(H,22,24). The van der Waals surface area contributed by atoms with Gasteiger partial charge in [-0.2, -0.15) is 0 Å². The Morgan fingerprint density at radius 3 is 2.62 bits per heavy atom. The van der Waals surface area contributed by atoms with Crippen LogP contribution in [0.5, 0.6) is 0 Å². The van der Waals surface area contributed by atoms with Crippen molar-refractivity contribution in [3.63, 3.8) is 0 Å².